The second-order valence-electron chi connectivity index (χ2n) is 4.27. The predicted octanol–water partition coefficient (Wildman–Crippen LogP) is 2.75. The molecule has 5 nitrogen and oxygen atoms in total. The molecule has 1 aromatic rings. The Hall–Kier alpha value is -1.96. The zero-order chi connectivity index (χ0) is 15.6. The van der Waals surface area contributed by atoms with Gasteiger partial charge in [-0.1, -0.05) is 11.6 Å². The van der Waals surface area contributed by atoms with E-state index in [1.165, 1.54) is 6.07 Å². The van der Waals surface area contributed by atoms with E-state index < -0.39 is 29.4 Å². The Morgan fingerprint density at radius 3 is 2.71 bits per heavy atom. The van der Waals surface area contributed by atoms with Crippen LogP contribution in [0.15, 0.2) is 18.2 Å². The fourth-order valence-corrected chi connectivity index (χ4v) is 1.96. The summed E-state index contributed by atoms with van der Waals surface area (Å²) in [4.78, 5) is 24.0. The predicted molar refractivity (Wildman–Crippen MR) is 68.0 cm³/mol. The van der Waals surface area contributed by atoms with Crippen molar-refractivity contribution in [2.75, 3.05) is 25.0 Å². The largest absolute Gasteiger partial charge is 0.448 e. The second kappa shape index (κ2) is 5.80. The molecule has 0 aliphatic carbocycles. The lowest BCUT2D eigenvalue weighted by Crippen LogP contribution is -2.34. The number of hydrogen-bond acceptors (Lipinski definition) is 3. The maximum absolute atomic E-state index is 12.9. The molecule has 0 spiro atoms. The highest BCUT2D eigenvalue weighted by Gasteiger charge is 2.34. The number of carbonyl (C=O) groups is 2. The third kappa shape index (κ3) is 3.78. The number of hydrogen-bond donors (Lipinski definition) is 1. The quantitative estimate of drug-likeness (QED) is 0.931. The van der Waals surface area contributed by atoms with Crippen molar-refractivity contribution in [3.63, 3.8) is 0 Å². The van der Waals surface area contributed by atoms with Gasteiger partial charge in [0.25, 0.3) is 0 Å². The third-order valence-corrected chi connectivity index (χ3v) is 2.98. The van der Waals surface area contributed by atoms with Gasteiger partial charge in [0.1, 0.15) is 13.2 Å². The molecule has 0 bridgehead atoms. The number of rotatable bonds is 3. The lowest BCUT2D eigenvalue weighted by atomic mass is 10.1. The van der Waals surface area contributed by atoms with Gasteiger partial charge in [-0.25, -0.2) is 4.79 Å². The van der Waals surface area contributed by atoms with Crippen molar-refractivity contribution in [3.05, 3.63) is 28.8 Å². The number of anilines is 1. The van der Waals surface area contributed by atoms with Crippen LogP contribution < -0.4 is 5.32 Å². The van der Waals surface area contributed by atoms with Crippen LogP contribution in [0.4, 0.5) is 23.7 Å². The number of cyclic esters (lactones) is 1. The molecule has 1 heterocycles. The van der Waals surface area contributed by atoms with Gasteiger partial charge in [0, 0.05) is 5.02 Å². The molecule has 21 heavy (non-hydrogen) atoms. The van der Waals surface area contributed by atoms with Gasteiger partial charge in [-0.15, -0.1) is 0 Å². The molecule has 2 rings (SSSR count). The molecule has 1 aliphatic rings. The minimum absolute atomic E-state index is 0.0940. The van der Waals surface area contributed by atoms with E-state index in [9.17, 15) is 22.8 Å². The minimum atomic E-state index is -4.65. The van der Waals surface area contributed by atoms with Crippen LogP contribution in [-0.4, -0.2) is 36.6 Å². The van der Waals surface area contributed by atoms with Crippen LogP contribution in [0.2, 0.25) is 5.02 Å². The maximum Gasteiger partial charge on any atom is 0.418 e. The fourth-order valence-electron chi connectivity index (χ4n) is 1.79. The number of nitrogens with zero attached hydrogens (tertiary/aromatic N) is 1. The van der Waals surface area contributed by atoms with Gasteiger partial charge in [0.05, 0.1) is 17.8 Å². The lowest BCUT2D eigenvalue weighted by molar-refractivity contribution is -0.137. The first kappa shape index (κ1) is 15.4. The van der Waals surface area contributed by atoms with Gasteiger partial charge < -0.3 is 10.1 Å². The Balaban J connectivity index is 2.12. The van der Waals surface area contributed by atoms with E-state index in [-0.39, 0.29) is 24.7 Å². The SMILES string of the molecule is O=C(CN1CCOC1=O)Nc1ccc(Cl)cc1C(F)(F)F. The molecule has 0 radical (unpaired) electrons. The van der Waals surface area contributed by atoms with Gasteiger partial charge in [0.2, 0.25) is 5.91 Å². The van der Waals surface area contributed by atoms with Crippen LogP contribution in [0.25, 0.3) is 0 Å². The molecule has 0 aromatic heterocycles. The van der Waals surface area contributed by atoms with Crippen LogP contribution >= 0.6 is 11.6 Å². The topological polar surface area (TPSA) is 58.6 Å². The van der Waals surface area contributed by atoms with Crippen molar-refractivity contribution in [2.24, 2.45) is 0 Å². The van der Waals surface area contributed by atoms with Crippen LogP contribution in [0.3, 0.4) is 0 Å². The summed E-state index contributed by atoms with van der Waals surface area (Å²) in [5.74, 6) is -0.748. The maximum atomic E-state index is 12.9. The molecule has 1 N–H and O–H groups in total. The molecule has 1 aromatic carbocycles. The van der Waals surface area contributed by atoms with Gasteiger partial charge in [-0.05, 0) is 18.2 Å². The zero-order valence-electron chi connectivity index (χ0n) is 10.5. The van der Waals surface area contributed by atoms with E-state index in [1.807, 2.05) is 0 Å². The number of nitrogens with one attached hydrogen (secondary N) is 1. The van der Waals surface area contributed by atoms with Crippen molar-refractivity contribution in [1.82, 2.24) is 4.90 Å². The molecule has 1 aliphatic heterocycles. The second-order valence-corrected chi connectivity index (χ2v) is 4.71. The molecule has 1 fully saturated rings. The van der Waals surface area contributed by atoms with E-state index >= 15 is 0 Å². The zero-order valence-corrected chi connectivity index (χ0v) is 11.3. The van der Waals surface area contributed by atoms with Crippen molar-refractivity contribution >= 4 is 29.3 Å². The van der Waals surface area contributed by atoms with Crippen LogP contribution in [-0.2, 0) is 15.7 Å². The number of halogens is 4. The molecule has 0 unspecified atom stereocenters. The van der Waals surface area contributed by atoms with Crippen LogP contribution in [0.5, 0.6) is 0 Å². The normalized spacial score (nSPS) is 15.0. The summed E-state index contributed by atoms with van der Waals surface area (Å²) < 4.78 is 43.2. The van der Waals surface area contributed by atoms with Crippen molar-refractivity contribution in [1.29, 1.82) is 0 Å². The summed E-state index contributed by atoms with van der Waals surface area (Å²) in [5, 5.41) is 2.03. The Morgan fingerprint density at radius 2 is 2.14 bits per heavy atom. The summed E-state index contributed by atoms with van der Waals surface area (Å²) in [6, 6.07) is 3.02. The first-order valence-corrected chi connectivity index (χ1v) is 6.23. The van der Waals surface area contributed by atoms with Crippen molar-refractivity contribution in [2.45, 2.75) is 6.18 Å². The Morgan fingerprint density at radius 1 is 1.43 bits per heavy atom. The van der Waals surface area contributed by atoms with Crippen molar-refractivity contribution < 1.29 is 27.5 Å². The minimum Gasteiger partial charge on any atom is -0.448 e. The average molecular weight is 323 g/mol. The highest BCUT2D eigenvalue weighted by atomic mass is 35.5. The van der Waals surface area contributed by atoms with E-state index in [0.717, 1.165) is 17.0 Å². The lowest BCUT2D eigenvalue weighted by Gasteiger charge is -2.16. The van der Waals surface area contributed by atoms with Gasteiger partial charge in [-0.2, -0.15) is 13.2 Å². The standard InChI is InChI=1S/C12H10ClF3N2O3/c13-7-1-2-9(8(5-7)12(14,15)16)17-10(19)6-18-3-4-21-11(18)20/h1-2,5H,3-4,6H2,(H,17,19). The van der Waals surface area contributed by atoms with E-state index in [1.54, 1.807) is 0 Å². The van der Waals surface area contributed by atoms with E-state index in [0.29, 0.717) is 0 Å². The molecule has 2 amide bonds. The fraction of sp³-hybridized carbons (Fsp3) is 0.333. The Bertz CT molecular complexity index is 577. The van der Waals surface area contributed by atoms with Crippen molar-refractivity contribution in [3.8, 4) is 0 Å². The highest BCUT2D eigenvalue weighted by Crippen LogP contribution is 2.36. The van der Waals surface area contributed by atoms with Gasteiger partial charge in [0.15, 0.2) is 0 Å². The molecule has 0 saturated carbocycles. The summed E-state index contributed by atoms with van der Waals surface area (Å²) in [5.41, 5.74) is -1.46. The summed E-state index contributed by atoms with van der Waals surface area (Å²) in [6.45, 7) is -0.00137. The molecular formula is C12H10ClF3N2O3. The van der Waals surface area contributed by atoms with Crippen LogP contribution in [0, 0.1) is 0 Å². The molecule has 9 heteroatoms. The monoisotopic (exact) mass is 322 g/mol. The third-order valence-electron chi connectivity index (χ3n) is 2.74. The first-order valence-electron chi connectivity index (χ1n) is 5.85. The summed E-state index contributed by atoms with van der Waals surface area (Å²) in [7, 11) is 0. The Kier molecular flexibility index (Phi) is 4.26. The molecule has 0 atom stereocenters. The number of amides is 2. The van der Waals surface area contributed by atoms with E-state index in [2.05, 4.69) is 10.1 Å². The molecule has 1 saturated heterocycles. The smallest absolute Gasteiger partial charge is 0.418 e. The highest BCUT2D eigenvalue weighted by molar-refractivity contribution is 6.30. The van der Waals surface area contributed by atoms with Gasteiger partial charge >= 0.3 is 12.3 Å². The average Bonchev–Trinajstić information content (AvgIpc) is 2.76. The number of benzene rings is 1. The number of alkyl halides is 3. The first-order chi connectivity index (χ1) is 9.77. The number of carbonyl (C=O) groups excluding carboxylic acids is 2. The molecule has 114 valence electrons. The van der Waals surface area contributed by atoms with Gasteiger partial charge in [-0.3, -0.25) is 9.69 Å². The Labute approximate surface area is 122 Å². The summed E-state index contributed by atoms with van der Waals surface area (Å²) in [6.07, 6.45) is -5.32. The number of ether oxygens (including phenoxy) is 1. The summed E-state index contributed by atoms with van der Waals surface area (Å²) >= 11 is 5.53. The van der Waals surface area contributed by atoms with E-state index in [4.69, 9.17) is 11.6 Å². The van der Waals surface area contributed by atoms with Crippen LogP contribution in [0.1, 0.15) is 5.56 Å². The molecular weight excluding hydrogens is 313 g/mol.